The van der Waals surface area contributed by atoms with Crippen molar-refractivity contribution in [2.24, 2.45) is 5.73 Å². The van der Waals surface area contributed by atoms with E-state index >= 15 is 0 Å². The second-order valence-corrected chi connectivity index (χ2v) is 5.61. The third kappa shape index (κ3) is 7.78. The Labute approximate surface area is 137 Å². The van der Waals surface area contributed by atoms with Gasteiger partial charge in [0.25, 0.3) is 0 Å². The van der Waals surface area contributed by atoms with Gasteiger partial charge in [-0.2, -0.15) is 0 Å². The Morgan fingerprint density at radius 1 is 1.09 bits per heavy atom. The molecule has 2 amide bonds. The summed E-state index contributed by atoms with van der Waals surface area (Å²) in [5, 5.41) is 2.47. The quantitative estimate of drug-likeness (QED) is 0.396. The van der Waals surface area contributed by atoms with Gasteiger partial charge in [-0.05, 0) is 25.0 Å². The van der Waals surface area contributed by atoms with Crippen LogP contribution in [0.4, 0.5) is 4.79 Å². The van der Waals surface area contributed by atoms with Crippen LogP contribution in [0.2, 0.25) is 0 Å². The zero-order chi connectivity index (χ0) is 16.4. The minimum Gasteiger partial charge on any atom is -0.457 e. The Hall–Kier alpha value is -1.89. The number of ketones is 1. The minimum absolute atomic E-state index is 0.230. The second kappa shape index (κ2) is 9.94. The number of carbonyl (C=O) groups is 3. The van der Waals surface area contributed by atoms with E-state index in [1.807, 2.05) is 0 Å². The van der Waals surface area contributed by atoms with Crippen LogP contribution in [0.3, 0.4) is 0 Å². The lowest BCUT2D eigenvalue weighted by atomic mass is 10.1. The summed E-state index contributed by atoms with van der Waals surface area (Å²) in [5.74, 6) is -0.625. The predicted molar refractivity (Wildman–Crippen MR) is 85.5 cm³/mol. The number of Topliss-reactive ketones (excluding diaryl/α,β-unsaturated/α-hetero) is 1. The molecule has 0 heterocycles. The summed E-state index contributed by atoms with van der Waals surface area (Å²) in [7, 11) is 0. The predicted octanol–water partition coefficient (Wildman–Crippen LogP) is 2.40. The van der Waals surface area contributed by atoms with Gasteiger partial charge >= 0.3 is 12.0 Å². The molecule has 0 saturated carbocycles. The van der Waals surface area contributed by atoms with Gasteiger partial charge in [-0.1, -0.05) is 34.5 Å². The standard InChI is InChI=1S/C15H19BrN2O4/c16-12-7-5-11(6-8-12)13(19)10-22-14(20)4-2-1-3-9-18-15(17)21/h5-8H,1-4,9-10H2,(H3,17,18,21). The molecule has 1 aromatic rings. The number of nitrogens with two attached hydrogens (primary N) is 1. The topological polar surface area (TPSA) is 98.5 Å². The minimum atomic E-state index is -0.550. The summed E-state index contributed by atoms with van der Waals surface area (Å²) < 4.78 is 5.82. The van der Waals surface area contributed by atoms with E-state index in [-0.39, 0.29) is 18.8 Å². The molecule has 1 rings (SSSR count). The molecule has 0 unspecified atom stereocenters. The van der Waals surface area contributed by atoms with E-state index in [1.165, 1.54) is 0 Å². The summed E-state index contributed by atoms with van der Waals surface area (Å²) >= 11 is 3.28. The van der Waals surface area contributed by atoms with Crippen molar-refractivity contribution in [3.63, 3.8) is 0 Å². The van der Waals surface area contributed by atoms with Crippen LogP contribution in [-0.2, 0) is 9.53 Å². The normalized spacial score (nSPS) is 10.0. The summed E-state index contributed by atoms with van der Waals surface area (Å²) in [6.45, 7) is 0.246. The van der Waals surface area contributed by atoms with Crippen LogP contribution in [-0.4, -0.2) is 30.9 Å². The van der Waals surface area contributed by atoms with Gasteiger partial charge in [-0.3, -0.25) is 9.59 Å². The molecule has 1 aromatic carbocycles. The number of benzene rings is 1. The smallest absolute Gasteiger partial charge is 0.312 e. The van der Waals surface area contributed by atoms with Crippen molar-refractivity contribution in [3.05, 3.63) is 34.3 Å². The van der Waals surface area contributed by atoms with E-state index in [0.29, 0.717) is 18.5 Å². The van der Waals surface area contributed by atoms with E-state index in [0.717, 1.165) is 17.3 Å². The first kappa shape index (κ1) is 18.2. The summed E-state index contributed by atoms with van der Waals surface area (Å²) in [6.07, 6.45) is 2.42. The molecule has 3 N–H and O–H groups in total. The number of primary amides is 1. The van der Waals surface area contributed by atoms with E-state index in [9.17, 15) is 14.4 Å². The first-order valence-corrected chi connectivity index (χ1v) is 7.76. The van der Waals surface area contributed by atoms with Gasteiger partial charge in [-0.15, -0.1) is 0 Å². The third-order valence-electron chi connectivity index (χ3n) is 2.89. The third-order valence-corrected chi connectivity index (χ3v) is 3.42. The molecule has 120 valence electrons. The van der Waals surface area contributed by atoms with Gasteiger partial charge in [0.1, 0.15) is 0 Å². The van der Waals surface area contributed by atoms with Crippen molar-refractivity contribution in [1.29, 1.82) is 0 Å². The first-order valence-electron chi connectivity index (χ1n) is 6.96. The number of esters is 1. The Morgan fingerprint density at radius 3 is 2.41 bits per heavy atom. The Morgan fingerprint density at radius 2 is 1.77 bits per heavy atom. The number of nitrogens with one attached hydrogen (secondary N) is 1. The molecule has 0 radical (unpaired) electrons. The average molecular weight is 371 g/mol. The molecule has 0 aromatic heterocycles. The molecule has 0 atom stereocenters. The SMILES string of the molecule is NC(=O)NCCCCCC(=O)OCC(=O)c1ccc(Br)cc1. The summed E-state index contributed by atoms with van der Waals surface area (Å²) in [4.78, 5) is 33.7. The number of unbranched alkanes of at least 4 members (excludes halogenated alkanes) is 2. The molecule has 0 aliphatic heterocycles. The second-order valence-electron chi connectivity index (χ2n) is 4.69. The number of urea groups is 1. The zero-order valence-electron chi connectivity index (χ0n) is 12.1. The maximum Gasteiger partial charge on any atom is 0.312 e. The van der Waals surface area contributed by atoms with Crippen molar-refractivity contribution < 1.29 is 19.1 Å². The fourth-order valence-electron chi connectivity index (χ4n) is 1.72. The van der Waals surface area contributed by atoms with Gasteiger partial charge in [0.15, 0.2) is 12.4 Å². The maximum absolute atomic E-state index is 11.8. The van der Waals surface area contributed by atoms with Crippen LogP contribution in [0.5, 0.6) is 0 Å². The molecule has 0 fully saturated rings. The van der Waals surface area contributed by atoms with Crippen molar-refractivity contribution >= 4 is 33.7 Å². The van der Waals surface area contributed by atoms with Crippen molar-refractivity contribution in [1.82, 2.24) is 5.32 Å². The van der Waals surface area contributed by atoms with E-state index in [4.69, 9.17) is 10.5 Å². The molecule has 22 heavy (non-hydrogen) atoms. The van der Waals surface area contributed by atoms with Crippen LogP contribution in [0.15, 0.2) is 28.7 Å². The summed E-state index contributed by atoms with van der Waals surface area (Å²) in [6, 6.07) is 6.31. The highest BCUT2D eigenvalue weighted by Crippen LogP contribution is 2.11. The number of hydrogen-bond donors (Lipinski definition) is 2. The number of carbonyl (C=O) groups excluding carboxylic acids is 3. The van der Waals surface area contributed by atoms with Crippen LogP contribution in [0.25, 0.3) is 0 Å². The van der Waals surface area contributed by atoms with Crippen molar-refractivity contribution in [3.8, 4) is 0 Å². The molecular formula is C15H19BrN2O4. The highest BCUT2D eigenvalue weighted by atomic mass is 79.9. The molecule has 0 aliphatic rings. The Bertz CT molecular complexity index is 517. The molecule has 0 saturated heterocycles. The molecule has 6 nitrogen and oxygen atoms in total. The Balaban J connectivity index is 2.13. The van der Waals surface area contributed by atoms with Gasteiger partial charge in [0.05, 0.1) is 0 Å². The van der Waals surface area contributed by atoms with Crippen LogP contribution in [0.1, 0.15) is 36.0 Å². The Kier molecular flexibility index (Phi) is 8.21. The van der Waals surface area contributed by atoms with Gasteiger partial charge < -0.3 is 15.8 Å². The lowest BCUT2D eigenvalue weighted by molar-refractivity contribution is -0.142. The lowest BCUT2D eigenvalue weighted by Gasteiger charge is -2.05. The largest absolute Gasteiger partial charge is 0.457 e. The first-order chi connectivity index (χ1) is 10.5. The number of hydrogen-bond acceptors (Lipinski definition) is 4. The van der Waals surface area contributed by atoms with E-state index in [2.05, 4.69) is 21.2 Å². The molecule has 0 spiro atoms. The number of ether oxygens (including phenoxy) is 1. The maximum atomic E-state index is 11.8. The van der Waals surface area contributed by atoms with Crippen LogP contribution < -0.4 is 11.1 Å². The number of rotatable bonds is 9. The van der Waals surface area contributed by atoms with E-state index in [1.54, 1.807) is 24.3 Å². The molecule has 7 heteroatoms. The van der Waals surface area contributed by atoms with Gasteiger partial charge in [0.2, 0.25) is 0 Å². The average Bonchev–Trinajstić information content (AvgIpc) is 2.48. The van der Waals surface area contributed by atoms with Crippen molar-refractivity contribution in [2.75, 3.05) is 13.2 Å². The fourth-order valence-corrected chi connectivity index (χ4v) is 1.98. The molecular weight excluding hydrogens is 352 g/mol. The zero-order valence-corrected chi connectivity index (χ0v) is 13.7. The highest BCUT2D eigenvalue weighted by molar-refractivity contribution is 9.10. The van der Waals surface area contributed by atoms with Crippen LogP contribution >= 0.6 is 15.9 Å². The van der Waals surface area contributed by atoms with Gasteiger partial charge in [0, 0.05) is 23.0 Å². The fraction of sp³-hybridized carbons (Fsp3) is 0.400. The summed E-state index contributed by atoms with van der Waals surface area (Å²) in [5.41, 5.74) is 5.43. The van der Waals surface area contributed by atoms with E-state index < -0.39 is 12.0 Å². The van der Waals surface area contributed by atoms with Gasteiger partial charge in [-0.25, -0.2) is 4.79 Å². The molecule has 0 aliphatic carbocycles. The van der Waals surface area contributed by atoms with Crippen molar-refractivity contribution in [2.45, 2.75) is 25.7 Å². The highest BCUT2D eigenvalue weighted by Gasteiger charge is 2.09. The monoisotopic (exact) mass is 370 g/mol. The number of amides is 2. The lowest BCUT2D eigenvalue weighted by Crippen LogP contribution is -2.29. The number of halogens is 1. The molecule has 0 bridgehead atoms. The van der Waals surface area contributed by atoms with Crippen LogP contribution in [0, 0.1) is 0 Å².